The molecule has 0 heterocycles. The molecule has 0 unspecified atom stereocenters. The van der Waals surface area contributed by atoms with E-state index >= 15 is 0 Å². The second-order valence-electron chi connectivity index (χ2n) is 9.29. The van der Waals surface area contributed by atoms with Crippen LogP contribution in [0.3, 0.4) is 0 Å². The average molecular weight is 605 g/mol. The molecule has 214 valence electrons. The van der Waals surface area contributed by atoms with Crippen molar-refractivity contribution < 1.29 is 18.0 Å². The number of benzene rings is 3. The lowest BCUT2D eigenvalue weighted by molar-refractivity contribution is -0.139. The van der Waals surface area contributed by atoms with E-state index in [4.69, 9.17) is 23.2 Å². The zero-order chi connectivity index (χ0) is 29.1. The van der Waals surface area contributed by atoms with Gasteiger partial charge in [-0.05, 0) is 49.1 Å². The van der Waals surface area contributed by atoms with E-state index in [1.54, 1.807) is 30.3 Å². The van der Waals surface area contributed by atoms with E-state index in [2.05, 4.69) is 5.32 Å². The Balaban J connectivity index is 2.01. The first kappa shape index (κ1) is 31.5. The quantitative estimate of drug-likeness (QED) is 0.230. The van der Waals surface area contributed by atoms with Gasteiger partial charge in [0.25, 0.3) is 10.0 Å². The second-order valence-corrected chi connectivity index (χ2v) is 11.9. The van der Waals surface area contributed by atoms with Crippen LogP contribution in [-0.2, 0) is 26.0 Å². The maximum atomic E-state index is 14.0. The summed E-state index contributed by atoms with van der Waals surface area (Å²) in [7, 11) is -4.22. The summed E-state index contributed by atoms with van der Waals surface area (Å²) < 4.78 is 28.7. The molecule has 0 saturated carbocycles. The summed E-state index contributed by atoms with van der Waals surface area (Å²) >= 11 is 12.7. The largest absolute Gasteiger partial charge is 0.354 e. The number of rotatable bonds is 14. The van der Waals surface area contributed by atoms with E-state index < -0.39 is 28.5 Å². The number of amides is 2. The monoisotopic (exact) mass is 603 g/mol. The lowest BCUT2D eigenvalue weighted by atomic mass is 10.1. The van der Waals surface area contributed by atoms with Crippen molar-refractivity contribution in [1.29, 1.82) is 0 Å². The molecule has 0 aliphatic carbocycles. The van der Waals surface area contributed by atoms with Gasteiger partial charge < -0.3 is 10.2 Å². The minimum atomic E-state index is -4.22. The lowest BCUT2D eigenvalue weighted by Crippen LogP contribution is -2.53. The normalized spacial score (nSPS) is 12.0. The van der Waals surface area contributed by atoms with Gasteiger partial charge in [-0.3, -0.25) is 13.9 Å². The van der Waals surface area contributed by atoms with Gasteiger partial charge in [-0.25, -0.2) is 8.42 Å². The zero-order valence-corrected chi connectivity index (χ0v) is 25.1. The molecule has 7 nitrogen and oxygen atoms in total. The van der Waals surface area contributed by atoms with Crippen LogP contribution in [0.1, 0.15) is 38.7 Å². The Morgan fingerprint density at radius 3 is 2.17 bits per heavy atom. The summed E-state index contributed by atoms with van der Waals surface area (Å²) in [5, 5.41) is 3.09. The van der Waals surface area contributed by atoms with Crippen LogP contribution in [-0.4, -0.2) is 50.8 Å². The van der Waals surface area contributed by atoms with Gasteiger partial charge in [0.1, 0.15) is 12.6 Å². The molecule has 2 amide bonds. The van der Waals surface area contributed by atoms with Crippen LogP contribution in [0.4, 0.5) is 5.69 Å². The van der Waals surface area contributed by atoms with E-state index in [0.717, 1.165) is 22.7 Å². The number of nitrogens with one attached hydrogen (secondary N) is 1. The number of hydrogen-bond acceptors (Lipinski definition) is 4. The molecule has 0 bridgehead atoms. The zero-order valence-electron chi connectivity index (χ0n) is 22.7. The SMILES string of the molecule is CCCCNC(=O)[C@H](CC)N(CCc1ccccc1)C(=O)CN(c1cccc(Cl)c1Cl)S(=O)(=O)c1ccccc1. The molecule has 0 aromatic heterocycles. The Morgan fingerprint density at radius 1 is 0.900 bits per heavy atom. The first-order valence-electron chi connectivity index (χ1n) is 13.3. The predicted octanol–water partition coefficient (Wildman–Crippen LogP) is 5.95. The fraction of sp³-hybridized carbons (Fsp3) is 0.333. The van der Waals surface area contributed by atoms with Crippen LogP contribution in [0.25, 0.3) is 0 Å². The third-order valence-electron chi connectivity index (χ3n) is 6.51. The second kappa shape index (κ2) is 15.1. The van der Waals surface area contributed by atoms with Gasteiger partial charge in [0.15, 0.2) is 0 Å². The van der Waals surface area contributed by atoms with Gasteiger partial charge in [-0.15, -0.1) is 0 Å². The highest BCUT2D eigenvalue weighted by Crippen LogP contribution is 2.35. The Labute approximate surface area is 247 Å². The van der Waals surface area contributed by atoms with E-state index in [0.29, 0.717) is 19.4 Å². The molecular weight excluding hydrogens is 569 g/mol. The molecule has 1 atom stereocenters. The number of halogens is 2. The Kier molecular flexibility index (Phi) is 11.9. The summed E-state index contributed by atoms with van der Waals surface area (Å²) in [6.07, 6.45) is 2.59. The topological polar surface area (TPSA) is 86.8 Å². The molecule has 3 aromatic carbocycles. The van der Waals surface area contributed by atoms with Gasteiger partial charge in [0.2, 0.25) is 11.8 Å². The molecule has 0 saturated heterocycles. The van der Waals surface area contributed by atoms with E-state index in [1.165, 1.54) is 23.1 Å². The molecule has 3 aromatic rings. The third kappa shape index (κ3) is 7.99. The number of hydrogen-bond donors (Lipinski definition) is 1. The first-order valence-corrected chi connectivity index (χ1v) is 15.5. The molecule has 0 radical (unpaired) electrons. The molecule has 0 spiro atoms. The molecule has 3 rings (SSSR count). The Morgan fingerprint density at radius 2 is 1.55 bits per heavy atom. The number of carbonyl (C=O) groups is 2. The van der Waals surface area contributed by atoms with E-state index in [-0.39, 0.29) is 33.1 Å². The average Bonchev–Trinajstić information content (AvgIpc) is 2.96. The summed E-state index contributed by atoms with van der Waals surface area (Å²) in [4.78, 5) is 28.7. The number of carbonyl (C=O) groups excluding carboxylic acids is 2. The van der Waals surface area contributed by atoms with Crippen LogP contribution < -0.4 is 9.62 Å². The minimum Gasteiger partial charge on any atom is -0.354 e. The van der Waals surface area contributed by atoms with Crippen molar-refractivity contribution in [2.45, 2.75) is 50.5 Å². The first-order chi connectivity index (χ1) is 19.2. The van der Waals surface area contributed by atoms with Crippen molar-refractivity contribution in [1.82, 2.24) is 10.2 Å². The van der Waals surface area contributed by atoms with E-state index in [1.807, 2.05) is 44.2 Å². The lowest BCUT2D eigenvalue weighted by Gasteiger charge is -2.33. The van der Waals surface area contributed by atoms with Gasteiger partial charge >= 0.3 is 0 Å². The van der Waals surface area contributed by atoms with Crippen molar-refractivity contribution >= 4 is 50.7 Å². The molecular formula is C30H35Cl2N3O4S. The predicted molar refractivity (Wildman–Crippen MR) is 161 cm³/mol. The molecule has 0 aliphatic heterocycles. The molecule has 1 N–H and O–H groups in total. The highest BCUT2D eigenvalue weighted by molar-refractivity contribution is 7.92. The smallest absolute Gasteiger partial charge is 0.264 e. The third-order valence-corrected chi connectivity index (χ3v) is 9.09. The van der Waals surface area contributed by atoms with E-state index in [9.17, 15) is 18.0 Å². The standard InChI is InChI=1S/C30H35Cl2N3O4S/c1-3-5-20-33-30(37)26(4-2)34(21-19-23-13-8-6-9-14-23)28(36)22-35(27-18-12-17-25(31)29(27)32)40(38,39)24-15-10-7-11-16-24/h6-18,26H,3-5,19-22H2,1-2H3,(H,33,37)/t26-/m0/s1. The van der Waals surface area contributed by atoms with Gasteiger partial charge in [-0.2, -0.15) is 0 Å². The molecule has 10 heteroatoms. The number of anilines is 1. The van der Waals surface area contributed by atoms with Crippen LogP contribution in [0.15, 0.2) is 83.8 Å². The Bertz CT molecular complexity index is 1370. The molecule has 0 aliphatic rings. The molecule has 40 heavy (non-hydrogen) atoms. The van der Waals surface area contributed by atoms with Gasteiger partial charge in [0.05, 0.1) is 20.6 Å². The summed E-state index contributed by atoms with van der Waals surface area (Å²) in [5.74, 6) is -0.792. The van der Waals surface area contributed by atoms with Crippen LogP contribution in [0.5, 0.6) is 0 Å². The van der Waals surface area contributed by atoms with Crippen LogP contribution >= 0.6 is 23.2 Å². The highest BCUT2D eigenvalue weighted by atomic mass is 35.5. The maximum absolute atomic E-state index is 14.0. The number of sulfonamides is 1. The van der Waals surface area contributed by atoms with Crippen molar-refractivity contribution in [3.63, 3.8) is 0 Å². The summed E-state index contributed by atoms with van der Waals surface area (Å²) in [6, 6.07) is 21.3. The fourth-order valence-electron chi connectivity index (χ4n) is 4.32. The maximum Gasteiger partial charge on any atom is 0.264 e. The van der Waals surface area contributed by atoms with Crippen molar-refractivity contribution in [3.8, 4) is 0 Å². The summed E-state index contributed by atoms with van der Waals surface area (Å²) in [5.41, 5.74) is 1.07. The van der Waals surface area contributed by atoms with Crippen LogP contribution in [0.2, 0.25) is 10.0 Å². The van der Waals surface area contributed by atoms with Crippen LogP contribution in [0, 0.1) is 0 Å². The van der Waals surface area contributed by atoms with Crippen molar-refractivity contribution in [2.75, 3.05) is 23.9 Å². The molecule has 0 fully saturated rings. The highest BCUT2D eigenvalue weighted by Gasteiger charge is 2.34. The van der Waals surface area contributed by atoms with Gasteiger partial charge in [0, 0.05) is 13.1 Å². The number of nitrogens with zero attached hydrogens (tertiary/aromatic N) is 2. The van der Waals surface area contributed by atoms with Crippen molar-refractivity contribution in [2.24, 2.45) is 0 Å². The van der Waals surface area contributed by atoms with Crippen molar-refractivity contribution in [3.05, 3.63) is 94.5 Å². The fourth-order valence-corrected chi connectivity index (χ4v) is 6.21. The Hall–Kier alpha value is -3.07. The summed E-state index contributed by atoms with van der Waals surface area (Å²) in [6.45, 7) is 4.02. The number of unbranched alkanes of at least 4 members (excludes halogenated alkanes) is 1. The minimum absolute atomic E-state index is 0.000900. The van der Waals surface area contributed by atoms with Gasteiger partial charge in [-0.1, -0.05) is 98.1 Å².